The third-order valence-corrected chi connectivity index (χ3v) is 4.35. The van der Waals surface area contributed by atoms with E-state index >= 15 is 0 Å². The molecule has 1 aliphatic rings. The third-order valence-electron chi connectivity index (χ3n) is 3.73. The molecule has 0 amide bonds. The number of halogens is 4. The van der Waals surface area contributed by atoms with Gasteiger partial charge in [-0.25, -0.2) is 0 Å². The molecule has 0 radical (unpaired) electrons. The zero-order valence-corrected chi connectivity index (χ0v) is 13.3. The van der Waals surface area contributed by atoms with E-state index in [4.69, 9.17) is 0 Å². The summed E-state index contributed by atoms with van der Waals surface area (Å²) in [4.78, 5) is 0. The maximum absolute atomic E-state index is 12.2. The van der Waals surface area contributed by atoms with Crippen LogP contribution in [0.4, 0.5) is 18.9 Å². The number of rotatable bonds is 4. The Labute approximate surface area is 131 Å². The average Bonchev–Trinajstić information content (AvgIpc) is 2.66. The molecule has 0 aliphatic heterocycles. The van der Waals surface area contributed by atoms with E-state index in [1.807, 2.05) is 0 Å². The van der Waals surface area contributed by atoms with Gasteiger partial charge in [-0.15, -0.1) is 13.2 Å². The zero-order valence-electron chi connectivity index (χ0n) is 11.7. The van der Waals surface area contributed by atoms with Gasteiger partial charge in [0.1, 0.15) is 5.75 Å². The summed E-state index contributed by atoms with van der Waals surface area (Å²) in [5.74, 6) is 0.430. The Morgan fingerprint density at radius 1 is 1.14 bits per heavy atom. The molecule has 1 aliphatic carbocycles. The van der Waals surface area contributed by atoms with Crippen molar-refractivity contribution in [1.82, 2.24) is 0 Å². The van der Waals surface area contributed by atoms with Gasteiger partial charge in [0.05, 0.1) is 4.47 Å². The smallest absolute Gasteiger partial charge is 0.405 e. The number of ether oxygens (including phenoxy) is 1. The Hall–Kier alpha value is -0.910. The number of benzene rings is 1. The fourth-order valence-electron chi connectivity index (χ4n) is 2.65. The average molecular weight is 366 g/mol. The third kappa shape index (κ3) is 5.77. The molecule has 6 heteroatoms. The van der Waals surface area contributed by atoms with E-state index in [1.165, 1.54) is 44.6 Å². The van der Waals surface area contributed by atoms with Crippen LogP contribution < -0.4 is 10.1 Å². The molecule has 2 rings (SSSR count). The standard InChI is InChI=1S/C15H19BrF3NO/c16-13-9-12(7-8-14(13)21-15(17,18)19)20-10-11-5-3-1-2-4-6-11/h7-9,11,20H,1-6,10H2. The first-order valence-electron chi connectivity index (χ1n) is 7.23. The molecule has 0 aromatic heterocycles. The van der Waals surface area contributed by atoms with Crippen molar-refractivity contribution in [1.29, 1.82) is 0 Å². The molecule has 0 heterocycles. The molecule has 0 atom stereocenters. The van der Waals surface area contributed by atoms with Gasteiger partial charge in [-0.1, -0.05) is 25.7 Å². The summed E-state index contributed by atoms with van der Waals surface area (Å²) in [6.45, 7) is 0.867. The molecule has 1 N–H and O–H groups in total. The van der Waals surface area contributed by atoms with E-state index in [1.54, 1.807) is 12.1 Å². The summed E-state index contributed by atoms with van der Waals surface area (Å²) in [6.07, 6.45) is 2.95. The van der Waals surface area contributed by atoms with E-state index in [2.05, 4.69) is 26.0 Å². The highest BCUT2D eigenvalue weighted by Crippen LogP contribution is 2.32. The van der Waals surface area contributed by atoms with E-state index in [0.717, 1.165) is 12.2 Å². The lowest BCUT2D eigenvalue weighted by Gasteiger charge is -2.17. The van der Waals surface area contributed by atoms with Crippen LogP contribution in [0.15, 0.2) is 22.7 Å². The van der Waals surface area contributed by atoms with Crippen molar-refractivity contribution in [3.63, 3.8) is 0 Å². The first-order valence-corrected chi connectivity index (χ1v) is 8.02. The first kappa shape index (κ1) is 16.5. The van der Waals surface area contributed by atoms with Gasteiger partial charge < -0.3 is 10.1 Å². The van der Waals surface area contributed by atoms with Crippen molar-refractivity contribution in [3.8, 4) is 5.75 Å². The number of hydrogen-bond acceptors (Lipinski definition) is 2. The fourth-order valence-corrected chi connectivity index (χ4v) is 3.11. The van der Waals surface area contributed by atoms with Crippen LogP contribution in [0.2, 0.25) is 0 Å². The number of anilines is 1. The maximum atomic E-state index is 12.2. The normalized spacial score (nSPS) is 17.3. The van der Waals surface area contributed by atoms with E-state index in [0.29, 0.717) is 10.4 Å². The minimum absolute atomic E-state index is 0.220. The van der Waals surface area contributed by atoms with Crippen LogP contribution >= 0.6 is 15.9 Å². The monoisotopic (exact) mass is 365 g/mol. The van der Waals surface area contributed by atoms with Crippen LogP contribution in [0.1, 0.15) is 38.5 Å². The largest absolute Gasteiger partial charge is 0.573 e. The molecule has 1 saturated carbocycles. The van der Waals surface area contributed by atoms with Crippen LogP contribution in [0.3, 0.4) is 0 Å². The zero-order chi connectivity index (χ0) is 15.3. The Balaban J connectivity index is 1.90. The number of nitrogens with one attached hydrogen (secondary N) is 1. The van der Waals surface area contributed by atoms with Gasteiger partial charge in [0.2, 0.25) is 0 Å². The summed E-state index contributed by atoms with van der Waals surface area (Å²) < 4.78 is 40.8. The second-order valence-corrected chi connectivity index (χ2v) is 6.29. The molecule has 0 bridgehead atoms. The summed E-state index contributed by atoms with van der Waals surface area (Å²) in [7, 11) is 0. The van der Waals surface area contributed by atoms with Gasteiger partial charge in [0.15, 0.2) is 0 Å². The first-order chi connectivity index (χ1) is 9.94. The molecule has 2 nitrogen and oxygen atoms in total. The van der Waals surface area contributed by atoms with Crippen molar-refractivity contribution >= 4 is 21.6 Å². The second kappa shape index (κ2) is 7.38. The highest BCUT2D eigenvalue weighted by molar-refractivity contribution is 9.10. The summed E-state index contributed by atoms with van der Waals surface area (Å²) >= 11 is 3.11. The van der Waals surface area contributed by atoms with Crippen LogP contribution in [0, 0.1) is 5.92 Å². The van der Waals surface area contributed by atoms with Crippen molar-refractivity contribution in [2.24, 2.45) is 5.92 Å². The lowest BCUT2D eigenvalue weighted by molar-refractivity contribution is -0.274. The predicted octanol–water partition coefficient (Wildman–Crippen LogP) is 5.73. The molecule has 0 spiro atoms. The van der Waals surface area contributed by atoms with Crippen LogP contribution in [-0.4, -0.2) is 12.9 Å². The van der Waals surface area contributed by atoms with Crippen molar-refractivity contribution in [2.45, 2.75) is 44.9 Å². The van der Waals surface area contributed by atoms with Gasteiger partial charge in [-0.05, 0) is 52.9 Å². The molecule has 0 unspecified atom stereocenters. The van der Waals surface area contributed by atoms with Crippen molar-refractivity contribution in [2.75, 3.05) is 11.9 Å². The Morgan fingerprint density at radius 2 is 1.81 bits per heavy atom. The Bertz CT molecular complexity index is 457. The SMILES string of the molecule is FC(F)(F)Oc1ccc(NCC2CCCCCC2)cc1Br. The highest BCUT2D eigenvalue weighted by Gasteiger charge is 2.31. The second-order valence-electron chi connectivity index (χ2n) is 5.43. The minimum Gasteiger partial charge on any atom is -0.405 e. The summed E-state index contributed by atoms with van der Waals surface area (Å²) in [5, 5.41) is 3.31. The van der Waals surface area contributed by atoms with Crippen LogP contribution in [-0.2, 0) is 0 Å². The van der Waals surface area contributed by atoms with Crippen LogP contribution in [0.5, 0.6) is 5.75 Å². The maximum Gasteiger partial charge on any atom is 0.573 e. The Morgan fingerprint density at radius 3 is 2.38 bits per heavy atom. The van der Waals surface area contributed by atoms with Gasteiger partial charge in [-0.3, -0.25) is 0 Å². The number of hydrogen-bond donors (Lipinski definition) is 1. The molecule has 1 fully saturated rings. The quantitative estimate of drug-likeness (QED) is 0.687. The minimum atomic E-state index is -4.67. The molecule has 0 saturated heterocycles. The topological polar surface area (TPSA) is 21.3 Å². The summed E-state index contributed by atoms with van der Waals surface area (Å²) in [5.41, 5.74) is 0.806. The molecule has 1 aromatic rings. The van der Waals surface area contributed by atoms with Gasteiger partial charge in [0, 0.05) is 12.2 Å². The van der Waals surface area contributed by atoms with Gasteiger partial charge in [0.25, 0.3) is 0 Å². The highest BCUT2D eigenvalue weighted by atomic mass is 79.9. The molecular formula is C15H19BrF3NO. The van der Waals surface area contributed by atoms with Gasteiger partial charge in [-0.2, -0.15) is 0 Å². The molecule has 21 heavy (non-hydrogen) atoms. The lowest BCUT2D eigenvalue weighted by atomic mass is 10.0. The Kier molecular flexibility index (Phi) is 5.79. The number of alkyl halides is 3. The van der Waals surface area contributed by atoms with E-state index in [9.17, 15) is 13.2 Å². The molecular weight excluding hydrogens is 347 g/mol. The molecule has 118 valence electrons. The van der Waals surface area contributed by atoms with Crippen LogP contribution in [0.25, 0.3) is 0 Å². The predicted molar refractivity (Wildman–Crippen MR) is 80.5 cm³/mol. The van der Waals surface area contributed by atoms with E-state index in [-0.39, 0.29) is 5.75 Å². The van der Waals surface area contributed by atoms with Crippen molar-refractivity contribution in [3.05, 3.63) is 22.7 Å². The lowest BCUT2D eigenvalue weighted by Crippen LogP contribution is -2.17. The fraction of sp³-hybridized carbons (Fsp3) is 0.600. The van der Waals surface area contributed by atoms with Crippen molar-refractivity contribution < 1.29 is 17.9 Å². The van der Waals surface area contributed by atoms with E-state index < -0.39 is 6.36 Å². The summed E-state index contributed by atoms with van der Waals surface area (Å²) in [6, 6.07) is 4.56. The molecule has 1 aromatic carbocycles. The van der Waals surface area contributed by atoms with Gasteiger partial charge >= 0.3 is 6.36 Å².